The lowest BCUT2D eigenvalue weighted by Gasteiger charge is -2.35. The van der Waals surface area contributed by atoms with Crippen LogP contribution >= 0.6 is 11.3 Å². The maximum Gasteiger partial charge on any atom is 0.243 e. The Morgan fingerprint density at radius 2 is 2.04 bits per heavy atom. The van der Waals surface area contributed by atoms with Crippen LogP contribution in [0.5, 0.6) is 0 Å². The monoisotopic (exact) mass is 348 g/mol. The molecule has 0 aliphatic carbocycles. The molecule has 1 aliphatic heterocycles. The molecule has 1 saturated heterocycles. The van der Waals surface area contributed by atoms with Crippen LogP contribution in [0.3, 0.4) is 0 Å². The molecule has 3 rings (SSSR count). The van der Waals surface area contributed by atoms with Gasteiger partial charge in [-0.25, -0.2) is 9.37 Å². The van der Waals surface area contributed by atoms with E-state index in [1.54, 1.807) is 18.3 Å². The smallest absolute Gasteiger partial charge is 0.243 e. The first-order chi connectivity index (χ1) is 11.6. The molecule has 0 radical (unpaired) electrons. The third-order valence-corrected chi connectivity index (χ3v) is 5.02. The van der Waals surface area contributed by atoms with Crippen molar-refractivity contribution in [2.24, 2.45) is 0 Å². The summed E-state index contributed by atoms with van der Waals surface area (Å²) in [6.07, 6.45) is 3.58. The molecule has 2 aromatic rings. The second-order valence-corrected chi connectivity index (χ2v) is 6.86. The summed E-state index contributed by atoms with van der Waals surface area (Å²) in [5, 5.41) is 8.76. The number of anilines is 2. The Bertz CT molecular complexity index is 654. The Balaban J connectivity index is 1.47. The van der Waals surface area contributed by atoms with Crippen molar-refractivity contribution < 1.29 is 9.18 Å². The van der Waals surface area contributed by atoms with Crippen LogP contribution in [-0.2, 0) is 4.79 Å². The largest absolute Gasteiger partial charge is 0.382 e. The number of aromatic nitrogens is 1. The van der Waals surface area contributed by atoms with E-state index in [-0.39, 0.29) is 17.8 Å². The standard InChI is InChI=1S/C17H21FN4OS/c1-12(16(23)21-17-19-8-11-24-17)22-9-6-15(7-10-22)20-14-4-2-13(18)3-5-14/h2-5,8,11-12,15,20H,6-7,9-10H2,1H3,(H,19,21,23)/t12-/m1/s1. The van der Waals surface area contributed by atoms with Crippen LogP contribution in [0, 0.1) is 5.82 Å². The molecule has 1 aliphatic rings. The minimum Gasteiger partial charge on any atom is -0.382 e. The summed E-state index contributed by atoms with van der Waals surface area (Å²) in [6, 6.07) is 6.60. The Labute approximate surface area is 144 Å². The molecule has 2 N–H and O–H groups in total. The molecule has 24 heavy (non-hydrogen) atoms. The Morgan fingerprint density at radius 1 is 1.33 bits per heavy atom. The molecule has 1 aromatic carbocycles. The van der Waals surface area contributed by atoms with E-state index in [2.05, 4.69) is 20.5 Å². The zero-order chi connectivity index (χ0) is 16.9. The zero-order valence-electron chi connectivity index (χ0n) is 13.5. The van der Waals surface area contributed by atoms with E-state index in [0.717, 1.165) is 31.6 Å². The van der Waals surface area contributed by atoms with Gasteiger partial charge in [0.15, 0.2) is 5.13 Å². The van der Waals surface area contributed by atoms with Crippen LogP contribution in [0.25, 0.3) is 0 Å². The van der Waals surface area contributed by atoms with Crippen molar-refractivity contribution in [3.05, 3.63) is 41.7 Å². The van der Waals surface area contributed by atoms with Gasteiger partial charge >= 0.3 is 0 Å². The van der Waals surface area contributed by atoms with Crippen LogP contribution in [0.2, 0.25) is 0 Å². The highest BCUT2D eigenvalue weighted by molar-refractivity contribution is 7.13. The van der Waals surface area contributed by atoms with Crippen LogP contribution in [-0.4, -0.2) is 41.0 Å². The lowest BCUT2D eigenvalue weighted by Crippen LogP contribution is -2.48. The maximum atomic E-state index is 12.9. The van der Waals surface area contributed by atoms with Crippen molar-refractivity contribution >= 4 is 28.1 Å². The third-order valence-electron chi connectivity index (χ3n) is 4.33. The Morgan fingerprint density at radius 3 is 2.67 bits per heavy atom. The van der Waals surface area contributed by atoms with Gasteiger partial charge in [-0.2, -0.15) is 0 Å². The van der Waals surface area contributed by atoms with Crippen LogP contribution in [0.4, 0.5) is 15.2 Å². The molecule has 0 bridgehead atoms. The fourth-order valence-electron chi connectivity index (χ4n) is 2.87. The zero-order valence-corrected chi connectivity index (χ0v) is 14.4. The number of thiazole rings is 1. The Kier molecular flexibility index (Phi) is 5.42. The van der Waals surface area contributed by atoms with Crippen LogP contribution < -0.4 is 10.6 Å². The van der Waals surface area contributed by atoms with E-state index < -0.39 is 0 Å². The summed E-state index contributed by atoms with van der Waals surface area (Å²) in [5.74, 6) is -0.245. The number of benzene rings is 1. The third kappa shape index (κ3) is 4.30. The van der Waals surface area contributed by atoms with Crippen molar-refractivity contribution in [1.82, 2.24) is 9.88 Å². The number of amides is 1. The molecular formula is C17H21FN4OS. The molecule has 5 nitrogen and oxygen atoms in total. The molecule has 1 fully saturated rings. The molecule has 1 aromatic heterocycles. The number of hydrogen-bond acceptors (Lipinski definition) is 5. The number of nitrogens with one attached hydrogen (secondary N) is 2. The predicted molar refractivity (Wildman–Crippen MR) is 94.8 cm³/mol. The van der Waals surface area contributed by atoms with E-state index in [4.69, 9.17) is 0 Å². The SMILES string of the molecule is C[C@H](C(=O)Nc1nccs1)N1CCC(Nc2ccc(F)cc2)CC1. The van der Waals surface area contributed by atoms with Crippen LogP contribution in [0.1, 0.15) is 19.8 Å². The second kappa shape index (κ2) is 7.72. The van der Waals surface area contributed by atoms with Crippen LogP contribution in [0.15, 0.2) is 35.8 Å². The average Bonchev–Trinajstić information content (AvgIpc) is 3.10. The molecule has 0 saturated carbocycles. The number of carbonyl (C=O) groups excluding carboxylic acids is 1. The first-order valence-corrected chi connectivity index (χ1v) is 8.96. The predicted octanol–water partition coefficient (Wildman–Crippen LogP) is 3.19. The summed E-state index contributed by atoms with van der Waals surface area (Å²) in [5.41, 5.74) is 0.935. The fraction of sp³-hybridized carbons (Fsp3) is 0.412. The average molecular weight is 348 g/mol. The molecule has 0 unspecified atom stereocenters. The van der Waals surface area contributed by atoms with Gasteiger partial charge in [-0.15, -0.1) is 11.3 Å². The van der Waals surface area contributed by atoms with Crippen molar-refractivity contribution in [3.63, 3.8) is 0 Å². The van der Waals surface area contributed by atoms with E-state index in [0.29, 0.717) is 11.2 Å². The molecule has 1 atom stereocenters. The quantitative estimate of drug-likeness (QED) is 0.871. The summed E-state index contributed by atoms with van der Waals surface area (Å²) in [6.45, 7) is 3.63. The van der Waals surface area contributed by atoms with E-state index in [1.165, 1.54) is 23.5 Å². The number of likely N-dealkylation sites (tertiary alicyclic amines) is 1. The highest BCUT2D eigenvalue weighted by Gasteiger charge is 2.26. The normalized spacial score (nSPS) is 17.4. The molecular weight excluding hydrogens is 327 g/mol. The van der Waals surface area contributed by atoms with Gasteiger partial charge in [-0.3, -0.25) is 9.69 Å². The Hall–Kier alpha value is -1.99. The second-order valence-electron chi connectivity index (χ2n) is 5.96. The van der Waals surface area contributed by atoms with E-state index in [9.17, 15) is 9.18 Å². The lowest BCUT2D eigenvalue weighted by molar-refractivity contribution is -0.121. The van der Waals surface area contributed by atoms with Crippen molar-refractivity contribution in [2.45, 2.75) is 31.8 Å². The van der Waals surface area contributed by atoms with Gasteiger partial charge in [0.25, 0.3) is 0 Å². The minimum absolute atomic E-state index is 0.0186. The van der Waals surface area contributed by atoms with E-state index in [1.807, 2.05) is 12.3 Å². The van der Waals surface area contributed by atoms with E-state index >= 15 is 0 Å². The van der Waals surface area contributed by atoms with Gasteiger partial charge in [0, 0.05) is 36.4 Å². The van der Waals surface area contributed by atoms with Gasteiger partial charge in [-0.05, 0) is 44.0 Å². The summed E-state index contributed by atoms with van der Waals surface area (Å²) >= 11 is 1.42. The first kappa shape index (κ1) is 16.9. The van der Waals surface area contributed by atoms with Gasteiger partial charge in [0.1, 0.15) is 5.82 Å². The highest BCUT2D eigenvalue weighted by Crippen LogP contribution is 2.19. The minimum atomic E-state index is -0.226. The summed E-state index contributed by atoms with van der Waals surface area (Å²) in [7, 11) is 0. The number of halogens is 1. The highest BCUT2D eigenvalue weighted by atomic mass is 32.1. The molecule has 1 amide bonds. The maximum absolute atomic E-state index is 12.9. The molecule has 7 heteroatoms. The molecule has 2 heterocycles. The van der Waals surface area contributed by atoms with Gasteiger partial charge in [-0.1, -0.05) is 0 Å². The van der Waals surface area contributed by atoms with Crippen molar-refractivity contribution in [3.8, 4) is 0 Å². The number of rotatable bonds is 5. The van der Waals surface area contributed by atoms with Gasteiger partial charge in [0.2, 0.25) is 5.91 Å². The number of hydrogen-bond donors (Lipinski definition) is 2. The number of piperidine rings is 1. The summed E-state index contributed by atoms with van der Waals surface area (Å²) in [4.78, 5) is 18.5. The van der Waals surface area contributed by atoms with Crippen molar-refractivity contribution in [2.75, 3.05) is 23.7 Å². The topological polar surface area (TPSA) is 57.3 Å². The van der Waals surface area contributed by atoms with Gasteiger partial charge in [0.05, 0.1) is 6.04 Å². The van der Waals surface area contributed by atoms with Crippen molar-refractivity contribution in [1.29, 1.82) is 0 Å². The first-order valence-electron chi connectivity index (χ1n) is 8.08. The molecule has 0 spiro atoms. The number of carbonyl (C=O) groups is 1. The fourth-order valence-corrected chi connectivity index (χ4v) is 3.41. The molecule has 128 valence electrons. The number of nitrogens with zero attached hydrogens (tertiary/aromatic N) is 2. The summed E-state index contributed by atoms with van der Waals surface area (Å²) < 4.78 is 12.9. The van der Waals surface area contributed by atoms with Gasteiger partial charge < -0.3 is 10.6 Å². The lowest BCUT2D eigenvalue weighted by atomic mass is 10.0.